The summed E-state index contributed by atoms with van der Waals surface area (Å²) >= 11 is 0. The molecule has 1 aromatic heterocycles. The summed E-state index contributed by atoms with van der Waals surface area (Å²) in [7, 11) is 0. The zero-order chi connectivity index (χ0) is 17.9. The molecule has 0 radical (unpaired) electrons. The first kappa shape index (κ1) is 18.1. The maximum absolute atomic E-state index is 11.8. The molecule has 0 bridgehead atoms. The Hall–Kier alpha value is -2.23. The summed E-state index contributed by atoms with van der Waals surface area (Å²) in [6.07, 6.45) is 1.50. The number of carbonyl (C=O) groups excluding carboxylic acids is 1. The number of ether oxygens (including phenoxy) is 1. The number of esters is 1. The summed E-state index contributed by atoms with van der Waals surface area (Å²) in [5.74, 6) is 0.246. The highest BCUT2D eigenvalue weighted by Crippen LogP contribution is 2.29. The van der Waals surface area contributed by atoms with E-state index < -0.39 is 0 Å². The van der Waals surface area contributed by atoms with Crippen molar-refractivity contribution in [3.63, 3.8) is 0 Å². The molecule has 24 heavy (non-hydrogen) atoms. The number of hydrogen-bond acceptors (Lipinski definition) is 4. The first-order valence-corrected chi connectivity index (χ1v) is 8.51. The van der Waals surface area contributed by atoms with E-state index in [0.717, 1.165) is 28.0 Å². The van der Waals surface area contributed by atoms with Gasteiger partial charge in [-0.2, -0.15) is 0 Å². The fourth-order valence-corrected chi connectivity index (χ4v) is 2.70. The summed E-state index contributed by atoms with van der Waals surface area (Å²) in [6.45, 7) is 12.5. The minimum absolute atomic E-state index is 0.211. The fraction of sp³-hybridized carbons (Fsp3) is 0.450. The van der Waals surface area contributed by atoms with Gasteiger partial charge < -0.3 is 4.74 Å². The molecule has 0 fully saturated rings. The Morgan fingerprint density at radius 1 is 1.17 bits per heavy atom. The number of aromatic nitrogens is 2. The highest BCUT2D eigenvalue weighted by atomic mass is 16.5. The lowest BCUT2D eigenvalue weighted by molar-refractivity contribution is -0.137. The Balaban J connectivity index is 2.66. The molecule has 0 saturated carbocycles. The average molecular weight is 326 g/mol. The van der Waals surface area contributed by atoms with Gasteiger partial charge in [-0.3, -0.25) is 0 Å². The summed E-state index contributed by atoms with van der Waals surface area (Å²) < 4.78 is 5.01. The smallest absolute Gasteiger partial charge is 0.331 e. The molecule has 2 aromatic rings. The van der Waals surface area contributed by atoms with E-state index in [0.29, 0.717) is 12.5 Å². The first-order chi connectivity index (χ1) is 11.3. The van der Waals surface area contributed by atoms with Crippen molar-refractivity contribution >= 4 is 22.6 Å². The number of para-hydroxylation sites is 1. The molecule has 2 rings (SSSR count). The quantitative estimate of drug-likeness (QED) is 0.582. The van der Waals surface area contributed by atoms with E-state index in [1.54, 1.807) is 6.92 Å². The molecular weight excluding hydrogens is 300 g/mol. The van der Waals surface area contributed by atoms with E-state index in [2.05, 4.69) is 33.8 Å². The molecule has 0 aliphatic rings. The van der Waals surface area contributed by atoms with Gasteiger partial charge in [0.25, 0.3) is 0 Å². The van der Waals surface area contributed by atoms with E-state index in [1.165, 1.54) is 11.6 Å². The van der Waals surface area contributed by atoms with Crippen LogP contribution in [-0.2, 0) is 9.53 Å². The predicted molar refractivity (Wildman–Crippen MR) is 98.0 cm³/mol. The van der Waals surface area contributed by atoms with Crippen molar-refractivity contribution in [1.82, 2.24) is 9.97 Å². The molecule has 4 heteroatoms. The van der Waals surface area contributed by atoms with Gasteiger partial charge in [0.2, 0.25) is 0 Å². The highest BCUT2D eigenvalue weighted by molar-refractivity contribution is 5.91. The molecule has 0 N–H and O–H groups in total. The average Bonchev–Trinajstić information content (AvgIpc) is 2.52. The van der Waals surface area contributed by atoms with E-state index >= 15 is 0 Å². The predicted octanol–water partition coefficient (Wildman–Crippen LogP) is 4.84. The van der Waals surface area contributed by atoms with Gasteiger partial charge in [0, 0.05) is 6.08 Å². The second-order valence-corrected chi connectivity index (χ2v) is 6.56. The zero-order valence-corrected chi connectivity index (χ0v) is 15.4. The van der Waals surface area contributed by atoms with Crippen molar-refractivity contribution in [2.45, 2.75) is 53.4 Å². The van der Waals surface area contributed by atoms with Gasteiger partial charge >= 0.3 is 5.97 Å². The number of nitrogens with zero attached hydrogens (tertiary/aromatic N) is 2. The van der Waals surface area contributed by atoms with Crippen molar-refractivity contribution in [3.05, 3.63) is 41.2 Å². The number of rotatable bonds is 5. The normalized spacial score (nSPS) is 12.2. The molecule has 0 atom stereocenters. The van der Waals surface area contributed by atoms with Crippen LogP contribution in [0, 0.1) is 0 Å². The molecule has 128 valence electrons. The van der Waals surface area contributed by atoms with Crippen LogP contribution in [0.25, 0.3) is 16.6 Å². The van der Waals surface area contributed by atoms with Gasteiger partial charge in [-0.1, -0.05) is 39.8 Å². The fourth-order valence-electron chi connectivity index (χ4n) is 2.70. The zero-order valence-electron chi connectivity index (χ0n) is 15.4. The standard InChI is InChI=1S/C20H26N2O2/c1-7-24-17(23)11-14(6)19-18(13(4)5)22-20-15(12(2)3)9-8-10-16(20)21-19/h8-13H,7H2,1-6H3/b14-11+. The maximum atomic E-state index is 11.8. The van der Waals surface area contributed by atoms with Gasteiger partial charge in [0.15, 0.2) is 0 Å². The minimum Gasteiger partial charge on any atom is -0.463 e. The Kier molecular flexibility index (Phi) is 5.71. The molecule has 1 aromatic carbocycles. The number of allylic oxidation sites excluding steroid dienone is 1. The Morgan fingerprint density at radius 3 is 2.46 bits per heavy atom. The largest absolute Gasteiger partial charge is 0.463 e. The lowest BCUT2D eigenvalue weighted by Crippen LogP contribution is -2.07. The lowest BCUT2D eigenvalue weighted by Gasteiger charge is -2.16. The molecule has 0 unspecified atom stereocenters. The van der Waals surface area contributed by atoms with Crippen molar-refractivity contribution in [2.24, 2.45) is 0 Å². The molecule has 0 saturated heterocycles. The SMILES string of the molecule is CCOC(=O)/C=C(\C)c1nc2cccc(C(C)C)c2nc1C(C)C. The lowest BCUT2D eigenvalue weighted by atomic mass is 9.98. The summed E-state index contributed by atoms with van der Waals surface area (Å²) in [5, 5.41) is 0. The van der Waals surface area contributed by atoms with Crippen LogP contribution >= 0.6 is 0 Å². The second kappa shape index (κ2) is 7.56. The molecule has 0 aliphatic carbocycles. The number of carbonyl (C=O) groups is 1. The third kappa shape index (κ3) is 3.81. The second-order valence-electron chi connectivity index (χ2n) is 6.56. The number of benzene rings is 1. The van der Waals surface area contributed by atoms with Crippen LogP contribution in [0.2, 0.25) is 0 Å². The van der Waals surface area contributed by atoms with Crippen LogP contribution in [0.3, 0.4) is 0 Å². The first-order valence-electron chi connectivity index (χ1n) is 8.51. The topological polar surface area (TPSA) is 52.1 Å². The third-order valence-electron chi connectivity index (χ3n) is 3.92. The van der Waals surface area contributed by atoms with Gasteiger partial charge in [-0.05, 0) is 42.9 Å². The van der Waals surface area contributed by atoms with E-state index in [-0.39, 0.29) is 11.9 Å². The summed E-state index contributed by atoms with van der Waals surface area (Å²) in [4.78, 5) is 21.5. The van der Waals surface area contributed by atoms with E-state index in [1.807, 2.05) is 19.1 Å². The van der Waals surface area contributed by atoms with Gasteiger partial charge in [0.05, 0.1) is 29.0 Å². The summed E-state index contributed by atoms with van der Waals surface area (Å²) in [5.41, 5.74) is 5.46. The summed E-state index contributed by atoms with van der Waals surface area (Å²) in [6, 6.07) is 6.09. The Labute approximate surface area is 144 Å². The van der Waals surface area contributed by atoms with Crippen molar-refractivity contribution in [1.29, 1.82) is 0 Å². The molecule has 0 amide bonds. The monoisotopic (exact) mass is 326 g/mol. The molecule has 0 aliphatic heterocycles. The number of hydrogen-bond donors (Lipinski definition) is 0. The van der Waals surface area contributed by atoms with E-state index in [4.69, 9.17) is 14.7 Å². The van der Waals surface area contributed by atoms with Crippen LogP contribution in [0.4, 0.5) is 0 Å². The van der Waals surface area contributed by atoms with Gasteiger partial charge in [0.1, 0.15) is 0 Å². The number of fused-ring (bicyclic) bond motifs is 1. The van der Waals surface area contributed by atoms with Crippen molar-refractivity contribution < 1.29 is 9.53 Å². The molecular formula is C20H26N2O2. The van der Waals surface area contributed by atoms with Crippen LogP contribution in [-0.4, -0.2) is 22.5 Å². The third-order valence-corrected chi connectivity index (χ3v) is 3.92. The van der Waals surface area contributed by atoms with Crippen LogP contribution in [0.15, 0.2) is 24.3 Å². The molecule has 0 spiro atoms. The van der Waals surface area contributed by atoms with Crippen molar-refractivity contribution in [3.8, 4) is 0 Å². The van der Waals surface area contributed by atoms with Crippen LogP contribution in [0.5, 0.6) is 0 Å². The minimum atomic E-state index is -0.345. The molecule has 4 nitrogen and oxygen atoms in total. The van der Waals surface area contributed by atoms with Crippen molar-refractivity contribution in [2.75, 3.05) is 6.61 Å². The van der Waals surface area contributed by atoms with Crippen LogP contribution in [0.1, 0.15) is 70.3 Å². The van der Waals surface area contributed by atoms with Gasteiger partial charge in [-0.25, -0.2) is 14.8 Å². The Morgan fingerprint density at radius 2 is 1.88 bits per heavy atom. The Bertz CT molecular complexity index is 777. The maximum Gasteiger partial charge on any atom is 0.331 e. The van der Waals surface area contributed by atoms with Gasteiger partial charge in [-0.15, -0.1) is 0 Å². The van der Waals surface area contributed by atoms with Crippen LogP contribution < -0.4 is 0 Å². The highest BCUT2D eigenvalue weighted by Gasteiger charge is 2.17. The van der Waals surface area contributed by atoms with E-state index in [9.17, 15) is 4.79 Å². The molecule has 1 heterocycles.